The average Bonchev–Trinajstić information content (AvgIpc) is 2.77. The molecule has 0 radical (unpaired) electrons. The van der Waals surface area contributed by atoms with Crippen molar-refractivity contribution in [3.05, 3.63) is 102 Å². The van der Waals surface area contributed by atoms with Crippen LogP contribution < -0.4 is 4.74 Å². The van der Waals surface area contributed by atoms with E-state index in [1.807, 2.05) is 67.6 Å². The molecule has 2 unspecified atom stereocenters. The maximum atomic E-state index is 13.4. The summed E-state index contributed by atoms with van der Waals surface area (Å²) in [6, 6.07) is 25.9. The molecule has 2 atom stereocenters. The molecule has 0 bridgehead atoms. The third-order valence-electron chi connectivity index (χ3n) is 5.05. The van der Waals surface area contributed by atoms with Gasteiger partial charge < -0.3 is 4.74 Å². The molecule has 0 aliphatic rings. The highest BCUT2D eigenvalue weighted by atomic mass is 16.5. The zero-order valence-corrected chi connectivity index (χ0v) is 16.2. The first kappa shape index (κ1) is 19.6. The highest BCUT2D eigenvalue weighted by Gasteiger charge is 2.34. The van der Waals surface area contributed by atoms with E-state index in [1.54, 1.807) is 31.4 Å². The maximum absolute atomic E-state index is 13.4. The number of rotatable bonds is 8. The first-order valence-electron chi connectivity index (χ1n) is 9.48. The molecular formula is C25H24O3. The Labute approximate surface area is 166 Å². The smallest absolute Gasteiger partial charge is 0.171 e. The lowest BCUT2D eigenvalue weighted by Crippen LogP contribution is -2.28. The van der Waals surface area contributed by atoms with E-state index in [4.69, 9.17) is 4.74 Å². The van der Waals surface area contributed by atoms with Crippen LogP contribution in [0.2, 0.25) is 0 Å². The van der Waals surface area contributed by atoms with Crippen LogP contribution in [0, 0.1) is 5.92 Å². The number of hydrogen-bond donors (Lipinski definition) is 0. The van der Waals surface area contributed by atoms with Crippen molar-refractivity contribution in [1.82, 2.24) is 0 Å². The quantitative estimate of drug-likeness (QED) is 0.486. The third kappa shape index (κ3) is 4.20. The molecule has 0 fully saturated rings. The number of carbonyl (C=O) groups excluding carboxylic acids is 2. The molecule has 0 saturated carbocycles. The average molecular weight is 372 g/mol. The third-order valence-corrected chi connectivity index (χ3v) is 5.05. The molecule has 3 aromatic rings. The monoisotopic (exact) mass is 372 g/mol. The van der Waals surface area contributed by atoms with Crippen LogP contribution in [0.5, 0.6) is 5.75 Å². The van der Waals surface area contributed by atoms with Crippen molar-refractivity contribution in [3.8, 4) is 5.75 Å². The molecule has 0 saturated heterocycles. The molecule has 0 N–H and O–H groups in total. The van der Waals surface area contributed by atoms with E-state index in [0.29, 0.717) is 23.3 Å². The maximum Gasteiger partial charge on any atom is 0.171 e. The molecule has 3 rings (SSSR count). The fraction of sp³-hybridized carbons (Fsp3) is 0.200. The molecule has 3 nitrogen and oxygen atoms in total. The predicted molar refractivity (Wildman–Crippen MR) is 111 cm³/mol. The van der Waals surface area contributed by atoms with Crippen LogP contribution in [0.4, 0.5) is 0 Å². The molecule has 142 valence electrons. The van der Waals surface area contributed by atoms with Gasteiger partial charge in [-0.15, -0.1) is 0 Å². The molecule has 28 heavy (non-hydrogen) atoms. The van der Waals surface area contributed by atoms with Crippen molar-refractivity contribution in [2.75, 3.05) is 7.11 Å². The lowest BCUT2D eigenvalue weighted by molar-refractivity contribution is 0.0816. The zero-order valence-electron chi connectivity index (χ0n) is 16.2. The van der Waals surface area contributed by atoms with Gasteiger partial charge in [0.1, 0.15) is 5.75 Å². The minimum Gasteiger partial charge on any atom is -0.497 e. The van der Waals surface area contributed by atoms with E-state index < -0.39 is 11.8 Å². The second-order valence-electron chi connectivity index (χ2n) is 6.73. The summed E-state index contributed by atoms with van der Waals surface area (Å²) in [5.74, 6) is -0.319. The topological polar surface area (TPSA) is 43.4 Å². The summed E-state index contributed by atoms with van der Waals surface area (Å²) in [6.07, 6.45) is 0.572. The van der Waals surface area contributed by atoms with E-state index >= 15 is 0 Å². The number of methoxy groups -OCH3 is 1. The van der Waals surface area contributed by atoms with Gasteiger partial charge in [-0.2, -0.15) is 0 Å². The number of carbonyl (C=O) groups is 2. The van der Waals surface area contributed by atoms with E-state index in [0.717, 1.165) is 5.56 Å². The molecule has 0 aliphatic carbocycles. The Morgan fingerprint density at radius 1 is 0.750 bits per heavy atom. The van der Waals surface area contributed by atoms with E-state index in [9.17, 15) is 9.59 Å². The SMILES string of the molecule is CCC(C(=O)c1ccc(OC)cc1)C(C(=O)c1ccccc1)c1ccccc1. The molecule has 0 amide bonds. The zero-order chi connectivity index (χ0) is 19.9. The lowest BCUT2D eigenvalue weighted by Gasteiger charge is -2.25. The summed E-state index contributed by atoms with van der Waals surface area (Å²) in [7, 11) is 1.59. The molecule has 0 heterocycles. The highest BCUT2D eigenvalue weighted by Crippen LogP contribution is 2.33. The van der Waals surface area contributed by atoms with Crippen molar-refractivity contribution in [2.45, 2.75) is 19.3 Å². The van der Waals surface area contributed by atoms with Crippen LogP contribution in [0.15, 0.2) is 84.9 Å². The standard InChI is InChI=1S/C25H24O3/c1-3-22(24(26)20-14-16-21(28-2)17-15-20)23(18-10-6-4-7-11-18)25(27)19-12-8-5-9-13-19/h4-17,22-23H,3H2,1-2H3. The molecular weight excluding hydrogens is 348 g/mol. The number of hydrogen-bond acceptors (Lipinski definition) is 3. The molecule has 3 aromatic carbocycles. The largest absolute Gasteiger partial charge is 0.497 e. The van der Waals surface area contributed by atoms with Crippen LogP contribution >= 0.6 is 0 Å². The van der Waals surface area contributed by atoms with Crippen molar-refractivity contribution >= 4 is 11.6 Å². The van der Waals surface area contributed by atoms with E-state index in [2.05, 4.69) is 0 Å². The van der Waals surface area contributed by atoms with Crippen LogP contribution in [0.1, 0.15) is 45.5 Å². The Morgan fingerprint density at radius 2 is 1.29 bits per heavy atom. The Morgan fingerprint density at radius 3 is 1.82 bits per heavy atom. The molecule has 3 heteroatoms. The van der Waals surface area contributed by atoms with Gasteiger partial charge in [0.25, 0.3) is 0 Å². The predicted octanol–water partition coefficient (Wildman–Crippen LogP) is 5.57. The second kappa shape index (κ2) is 9.14. The Balaban J connectivity index is 2.01. The van der Waals surface area contributed by atoms with Gasteiger partial charge in [0.15, 0.2) is 11.6 Å². The van der Waals surface area contributed by atoms with Crippen molar-refractivity contribution in [3.63, 3.8) is 0 Å². The van der Waals surface area contributed by atoms with E-state index in [-0.39, 0.29) is 11.6 Å². The summed E-state index contributed by atoms with van der Waals surface area (Å²) in [5.41, 5.74) is 2.08. The fourth-order valence-electron chi connectivity index (χ4n) is 3.55. The summed E-state index contributed by atoms with van der Waals surface area (Å²) < 4.78 is 5.18. The highest BCUT2D eigenvalue weighted by molar-refractivity contribution is 6.07. The van der Waals surface area contributed by atoms with Gasteiger partial charge >= 0.3 is 0 Å². The van der Waals surface area contributed by atoms with Gasteiger partial charge in [-0.05, 0) is 36.2 Å². The van der Waals surface area contributed by atoms with Gasteiger partial charge in [0.05, 0.1) is 13.0 Å². The molecule has 0 aliphatic heterocycles. The number of ether oxygens (including phenoxy) is 1. The minimum atomic E-state index is -0.525. The minimum absolute atomic E-state index is 0.0247. The van der Waals surface area contributed by atoms with Crippen molar-refractivity contribution in [2.24, 2.45) is 5.92 Å². The van der Waals surface area contributed by atoms with Crippen LogP contribution in [-0.4, -0.2) is 18.7 Å². The molecule has 0 spiro atoms. The number of Topliss-reactive ketones (excluding diaryl/α,β-unsaturated/α-hetero) is 2. The van der Waals surface area contributed by atoms with Crippen LogP contribution in [-0.2, 0) is 0 Å². The van der Waals surface area contributed by atoms with Crippen LogP contribution in [0.25, 0.3) is 0 Å². The first-order valence-corrected chi connectivity index (χ1v) is 9.48. The Bertz CT molecular complexity index is 915. The number of benzene rings is 3. The van der Waals surface area contributed by atoms with Gasteiger partial charge in [-0.3, -0.25) is 9.59 Å². The number of ketones is 2. The summed E-state index contributed by atoms with van der Waals surface area (Å²) >= 11 is 0. The van der Waals surface area contributed by atoms with Crippen LogP contribution in [0.3, 0.4) is 0 Å². The van der Waals surface area contributed by atoms with Crippen molar-refractivity contribution in [1.29, 1.82) is 0 Å². The lowest BCUT2D eigenvalue weighted by atomic mass is 9.76. The van der Waals surface area contributed by atoms with Gasteiger partial charge in [-0.25, -0.2) is 0 Å². The molecule has 0 aromatic heterocycles. The van der Waals surface area contributed by atoms with Gasteiger partial charge in [0, 0.05) is 17.0 Å². The summed E-state index contributed by atoms with van der Waals surface area (Å²) in [5, 5.41) is 0. The Kier molecular flexibility index (Phi) is 6.38. The van der Waals surface area contributed by atoms with Gasteiger partial charge in [-0.1, -0.05) is 67.6 Å². The fourth-order valence-corrected chi connectivity index (χ4v) is 3.55. The van der Waals surface area contributed by atoms with Gasteiger partial charge in [0.2, 0.25) is 0 Å². The Hall–Kier alpha value is -3.20. The second-order valence-corrected chi connectivity index (χ2v) is 6.73. The summed E-state index contributed by atoms with van der Waals surface area (Å²) in [6.45, 7) is 1.96. The normalized spacial score (nSPS) is 12.8. The first-order chi connectivity index (χ1) is 13.7. The van der Waals surface area contributed by atoms with E-state index in [1.165, 1.54) is 0 Å². The summed E-state index contributed by atoms with van der Waals surface area (Å²) in [4.78, 5) is 26.7. The van der Waals surface area contributed by atoms with Crippen molar-refractivity contribution < 1.29 is 14.3 Å².